The van der Waals surface area contributed by atoms with Crippen molar-refractivity contribution in [2.75, 3.05) is 7.11 Å². The largest absolute Gasteiger partial charge is 0.467 e. The van der Waals surface area contributed by atoms with Gasteiger partial charge in [-0.2, -0.15) is 0 Å². The molecule has 0 N–H and O–H groups in total. The second-order valence-electron chi connectivity index (χ2n) is 4.16. The van der Waals surface area contributed by atoms with Gasteiger partial charge in [0.05, 0.1) is 30.9 Å². The lowest BCUT2D eigenvalue weighted by Crippen LogP contribution is -2.30. The van der Waals surface area contributed by atoms with E-state index < -0.39 is 18.7 Å². The molecule has 0 unspecified atom stereocenters. The smallest absolute Gasteiger partial charge is 0.342 e. The number of nitrogens with zero attached hydrogens (tertiary/aromatic N) is 2. The molecule has 0 aliphatic carbocycles. The van der Waals surface area contributed by atoms with Crippen LogP contribution < -0.4 is 5.56 Å². The van der Waals surface area contributed by atoms with E-state index in [1.807, 2.05) is 13.0 Å². The molecule has 0 saturated carbocycles. The van der Waals surface area contributed by atoms with Crippen LogP contribution in [0.3, 0.4) is 0 Å². The van der Waals surface area contributed by atoms with Crippen molar-refractivity contribution < 1.29 is 13.9 Å². The summed E-state index contributed by atoms with van der Waals surface area (Å²) >= 11 is 0. The predicted molar refractivity (Wildman–Crippen MR) is 67.7 cm³/mol. The van der Waals surface area contributed by atoms with E-state index in [2.05, 4.69) is 9.72 Å². The molecular weight excluding hydrogens is 251 g/mol. The van der Waals surface area contributed by atoms with E-state index >= 15 is 0 Å². The number of benzene rings is 1. The highest BCUT2D eigenvalue weighted by Gasteiger charge is 2.19. The lowest BCUT2D eigenvalue weighted by atomic mass is 10.1. The number of halogens is 1. The Bertz CT molecular complexity index is 681. The molecule has 1 heterocycles. The van der Waals surface area contributed by atoms with Gasteiger partial charge in [0, 0.05) is 0 Å². The predicted octanol–water partition coefficient (Wildman–Crippen LogP) is 1.22. The molecule has 1 aromatic carbocycles. The quantitative estimate of drug-likeness (QED) is 0.782. The monoisotopic (exact) mass is 264 g/mol. The molecule has 2 rings (SSSR count). The van der Waals surface area contributed by atoms with Crippen molar-refractivity contribution in [3.8, 4) is 0 Å². The molecule has 1 aromatic heterocycles. The van der Waals surface area contributed by atoms with Crippen LogP contribution in [0.25, 0.3) is 10.9 Å². The number of carbonyl (C=O) groups excluding carboxylic acids is 1. The first-order valence-corrected chi connectivity index (χ1v) is 5.71. The van der Waals surface area contributed by atoms with Crippen molar-refractivity contribution in [3.63, 3.8) is 0 Å². The first kappa shape index (κ1) is 13.2. The number of aryl methyl sites for hydroxylation is 1. The third kappa shape index (κ3) is 2.47. The molecule has 0 amide bonds. The minimum absolute atomic E-state index is 0.375. The Morgan fingerprint density at radius 2 is 2.26 bits per heavy atom. The fraction of sp³-hybridized carbons (Fsp3) is 0.308. The summed E-state index contributed by atoms with van der Waals surface area (Å²) in [5.74, 6) is -1.00. The van der Waals surface area contributed by atoms with Crippen LogP contribution in [0.2, 0.25) is 0 Å². The second kappa shape index (κ2) is 5.17. The number of fused-ring (bicyclic) bond motifs is 1. The average molecular weight is 264 g/mol. The summed E-state index contributed by atoms with van der Waals surface area (Å²) in [6.45, 7) is 1.44. The van der Waals surface area contributed by atoms with Gasteiger partial charge >= 0.3 is 5.97 Å². The Hall–Kier alpha value is -2.24. The first-order valence-electron chi connectivity index (χ1n) is 5.71. The molecule has 6 heteroatoms. The molecule has 0 radical (unpaired) electrons. The molecule has 19 heavy (non-hydrogen) atoms. The zero-order valence-electron chi connectivity index (χ0n) is 10.6. The van der Waals surface area contributed by atoms with E-state index in [0.717, 1.165) is 17.2 Å². The average Bonchev–Trinajstić information content (AvgIpc) is 2.41. The highest BCUT2D eigenvalue weighted by Crippen LogP contribution is 2.11. The summed E-state index contributed by atoms with van der Waals surface area (Å²) in [4.78, 5) is 27.3. The van der Waals surface area contributed by atoms with Crippen LogP contribution in [0.1, 0.15) is 5.56 Å². The van der Waals surface area contributed by atoms with Gasteiger partial charge in [0.1, 0.15) is 0 Å². The Morgan fingerprint density at radius 3 is 2.95 bits per heavy atom. The normalized spacial score (nSPS) is 12.4. The van der Waals surface area contributed by atoms with E-state index in [1.165, 1.54) is 6.33 Å². The maximum absolute atomic E-state index is 13.5. The highest BCUT2D eigenvalue weighted by atomic mass is 19.1. The van der Waals surface area contributed by atoms with Crippen molar-refractivity contribution in [2.45, 2.75) is 19.6 Å². The number of rotatable bonds is 3. The highest BCUT2D eigenvalue weighted by molar-refractivity contribution is 5.80. The van der Waals surface area contributed by atoms with Crippen LogP contribution in [-0.4, -0.2) is 28.8 Å². The van der Waals surface area contributed by atoms with Gasteiger partial charge in [-0.05, 0) is 18.6 Å². The van der Waals surface area contributed by atoms with Gasteiger partial charge in [0.15, 0.2) is 0 Å². The number of ether oxygens (including phenoxy) is 1. The van der Waals surface area contributed by atoms with Crippen LogP contribution in [-0.2, 0) is 16.1 Å². The lowest BCUT2D eigenvalue weighted by Gasteiger charge is -2.09. The molecule has 0 spiro atoms. The molecule has 2 aromatic rings. The topological polar surface area (TPSA) is 61.2 Å². The van der Waals surface area contributed by atoms with Gasteiger partial charge in [-0.3, -0.25) is 9.36 Å². The van der Waals surface area contributed by atoms with E-state index in [9.17, 15) is 14.0 Å². The Kier molecular flexibility index (Phi) is 3.59. The first-order chi connectivity index (χ1) is 9.04. The van der Waals surface area contributed by atoms with E-state index in [4.69, 9.17) is 0 Å². The van der Waals surface area contributed by atoms with Gasteiger partial charge in [-0.15, -0.1) is 0 Å². The standard InChI is InChI=1S/C13H13FN2O3/c1-8-4-3-5-9-11(8)15-7-16(12(9)17)6-10(14)13(18)19-2/h3-5,7,10H,6H2,1-2H3/t10-/m1/s1. The number of methoxy groups -OCH3 is 1. The lowest BCUT2D eigenvalue weighted by molar-refractivity contribution is -0.147. The summed E-state index contributed by atoms with van der Waals surface area (Å²) in [6.07, 6.45) is -0.639. The Labute approximate surface area is 108 Å². The molecule has 0 saturated heterocycles. The SMILES string of the molecule is COC(=O)[C@H](F)Cn1cnc2c(C)cccc2c1=O. The summed E-state index contributed by atoms with van der Waals surface area (Å²) in [5.41, 5.74) is 1.07. The van der Waals surface area contributed by atoms with Crippen molar-refractivity contribution in [2.24, 2.45) is 0 Å². The van der Waals surface area contributed by atoms with Crippen LogP contribution in [0.4, 0.5) is 4.39 Å². The van der Waals surface area contributed by atoms with Crippen LogP contribution in [0.15, 0.2) is 29.3 Å². The van der Waals surface area contributed by atoms with Crippen LogP contribution >= 0.6 is 0 Å². The maximum Gasteiger partial charge on any atom is 0.342 e. The summed E-state index contributed by atoms with van der Waals surface area (Å²) < 4.78 is 18.8. The number of esters is 1. The van der Waals surface area contributed by atoms with E-state index in [0.29, 0.717) is 10.9 Å². The van der Waals surface area contributed by atoms with E-state index in [-0.39, 0.29) is 5.56 Å². The van der Waals surface area contributed by atoms with Crippen molar-refractivity contribution >= 4 is 16.9 Å². The number of para-hydroxylation sites is 1. The number of hydrogen-bond acceptors (Lipinski definition) is 4. The summed E-state index contributed by atoms with van der Waals surface area (Å²) in [5, 5.41) is 0.402. The van der Waals surface area contributed by atoms with Crippen LogP contribution in [0.5, 0.6) is 0 Å². The third-order valence-corrected chi connectivity index (χ3v) is 2.87. The number of hydrogen-bond donors (Lipinski definition) is 0. The minimum atomic E-state index is -1.88. The maximum atomic E-state index is 13.5. The number of alkyl halides is 1. The Balaban J connectivity index is 2.44. The minimum Gasteiger partial charge on any atom is -0.467 e. The Morgan fingerprint density at radius 1 is 1.53 bits per heavy atom. The third-order valence-electron chi connectivity index (χ3n) is 2.87. The fourth-order valence-electron chi connectivity index (χ4n) is 1.84. The second-order valence-corrected chi connectivity index (χ2v) is 4.16. The van der Waals surface area contributed by atoms with Crippen molar-refractivity contribution in [1.29, 1.82) is 0 Å². The molecule has 0 aliphatic rings. The van der Waals surface area contributed by atoms with Gasteiger partial charge < -0.3 is 4.74 Å². The van der Waals surface area contributed by atoms with Crippen molar-refractivity contribution in [1.82, 2.24) is 9.55 Å². The van der Waals surface area contributed by atoms with Crippen molar-refractivity contribution in [3.05, 3.63) is 40.4 Å². The molecular formula is C13H13FN2O3. The van der Waals surface area contributed by atoms with Gasteiger partial charge in [-0.25, -0.2) is 14.2 Å². The van der Waals surface area contributed by atoms with Crippen LogP contribution in [0, 0.1) is 6.92 Å². The molecule has 0 bridgehead atoms. The molecule has 0 aliphatic heterocycles. The zero-order chi connectivity index (χ0) is 14.0. The summed E-state index contributed by atoms with van der Waals surface area (Å²) in [6, 6.07) is 5.20. The van der Waals surface area contributed by atoms with E-state index in [1.54, 1.807) is 12.1 Å². The molecule has 0 fully saturated rings. The van der Waals surface area contributed by atoms with Gasteiger partial charge in [0.2, 0.25) is 6.17 Å². The number of carbonyl (C=O) groups is 1. The summed E-state index contributed by atoms with van der Waals surface area (Å²) in [7, 11) is 1.10. The number of aromatic nitrogens is 2. The molecule has 1 atom stereocenters. The zero-order valence-corrected chi connectivity index (χ0v) is 10.6. The fourth-order valence-corrected chi connectivity index (χ4v) is 1.84. The molecule has 100 valence electrons. The van der Waals surface area contributed by atoms with Gasteiger partial charge in [0.25, 0.3) is 5.56 Å². The molecule has 5 nitrogen and oxygen atoms in total. The van der Waals surface area contributed by atoms with Gasteiger partial charge in [-0.1, -0.05) is 12.1 Å².